The van der Waals surface area contributed by atoms with Gasteiger partial charge < -0.3 is 14.6 Å². The van der Waals surface area contributed by atoms with Gasteiger partial charge in [0.05, 0.1) is 5.56 Å². The normalized spacial score (nSPS) is 15.3. The number of hydrogen-bond acceptors (Lipinski definition) is 2. The molecule has 1 N–H and O–H groups in total. The van der Waals surface area contributed by atoms with Gasteiger partial charge in [-0.05, 0) is 67.1 Å². The van der Waals surface area contributed by atoms with Gasteiger partial charge in [0.2, 0.25) is 0 Å². The van der Waals surface area contributed by atoms with Crippen LogP contribution in [-0.4, -0.2) is 23.4 Å². The van der Waals surface area contributed by atoms with Crippen LogP contribution in [0.2, 0.25) is 0 Å². The summed E-state index contributed by atoms with van der Waals surface area (Å²) in [5, 5.41) is 3.01. The van der Waals surface area contributed by atoms with Gasteiger partial charge in [0.25, 0.3) is 5.91 Å². The second kappa shape index (κ2) is 7.47. The zero-order chi connectivity index (χ0) is 18.8. The highest BCUT2D eigenvalue weighted by Crippen LogP contribution is 2.26. The molecule has 0 atom stereocenters. The van der Waals surface area contributed by atoms with Crippen LogP contribution in [0.15, 0.2) is 54.7 Å². The highest BCUT2D eigenvalue weighted by atomic mass is 16.1. The maximum Gasteiger partial charge on any atom is 0.257 e. The topological polar surface area (TPSA) is 36.8 Å². The number of carbonyl (C=O) groups excluding carboxylic acids is 1. The molecule has 3 aromatic rings. The maximum atomic E-state index is 12.7. The van der Waals surface area contributed by atoms with Gasteiger partial charge in [-0.15, -0.1) is 0 Å². The molecule has 0 bridgehead atoms. The van der Waals surface area contributed by atoms with Crippen LogP contribution in [0.1, 0.15) is 42.6 Å². The maximum absolute atomic E-state index is 12.7. The van der Waals surface area contributed by atoms with Crippen molar-refractivity contribution in [2.45, 2.75) is 33.1 Å². The van der Waals surface area contributed by atoms with E-state index in [0.717, 1.165) is 36.6 Å². The van der Waals surface area contributed by atoms with Gasteiger partial charge in [0.1, 0.15) is 5.82 Å². The van der Waals surface area contributed by atoms with Crippen molar-refractivity contribution in [2.24, 2.45) is 5.92 Å². The highest BCUT2D eigenvalue weighted by Gasteiger charge is 2.18. The number of benzene rings is 1. The molecule has 4 rings (SSSR count). The SMILES string of the molecule is CCc1ccc(NC(=O)c2ccc3ccc(N4CCC(C)CC4)n3c2)cc1. The van der Waals surface area contributed by atoms with E-state index in [1.807, 2.05) is 30.5 Å². The van der Waals surface area contributed by atoms with Gasteiger partial charge >= 0.3 is 0 Å². The molecule has 1 saturated heterocycles. The highest BCUT2D eigenvalue weighted by molar-refractivity contribution is 6.04. The summed E-state index contributed by atoms with van der Waals surface area (Å²) in [4.78, 5) is 15.2. The Hall–Kier alpha value is -2.75. The Morgan fingerprint density at radius 2 is 1.74 bits per heavy atom. The number of amides is 1. The number of rotatable bonds is 4. The average Bonchev–Trinajstić information content (AvgIpc) is 3.12. The molecule has 0 unspecified atom stereocenters. The van der Waals surface area contributed by atoms with Crippen LogP contribution < -0.4 is 10.2 Å². The summed E-state index contributed by atoms with van der Waals surface area (Å²) < 4.78 is 2.14. The summed E-state index contributed by atoms with van der Waals surface area (Å²) in [6.07, 6.45) is 5.40. The Kier molecular flexibility index (Phi) is 4.88. The van der Waals surface area contributed by atoms with Crippen molar-refractivity contribution in [1.29, 1.82) is 0 Å². The van der Waals surface area contributed by atoms with Crippen LogP contribution in [0.5, 0.6) is 0 Å². The fourth-order valence-corrected chi connectivity index (χ4v) is 3.74. The fourth-order valence-electron chi connectivity index (χ4n) is 3.74. The first-order chi connectivity index (χ1) is 13.1. The largest absolute Gasteiger partial charge is 0.358 e. The van der Waals surface area contributed by atoms with E-state index in [-0.39, 0.29) is 5.91 Å². The van der Waals surface area contributed by atoms with Crippen LogP contribution in [0.4, 0.5) is 11.5 Å². The molecule has 140 valence electrons. The molecule has 27 heavy (non-hydrogen) atoms. The van der Waals surface area contributed by atoms with Crippen molar-refractivity contribution in [3.05, 3.63) is 65.9 Å². The number of hydrogen-bond donors (Lipinski definition) is 1. The molecule has 0 aliphatic carbocycles. The molecule has 4 nitrogen and oxygen atoms in total. The standard InChI is InChI=1S/C23H27N3O/c1-3-18-4-7-20(8-5-18)24-23(27)19-6-9-21-10-11-22(26(21)16-19)25-14-12-17(2)13-15-25/h4-11,16-17H,3,12-15H2,1-2H3,(H,24,27). The molecule has 0 saturated carbocycles. The van der Waals surface area contributed by atoms with Crippen molar-refractivity contribution < 1.29 is 4.79 Å². The number of fused-ring (bicyclic) bond motifs is 1. The van der Waals surface area contributed by atoms with E-state index < -0.39 is 0 Å². The van der Waals surface area contributed by atoms with Gasteiger partial charge in [-0.3, -0.25) is 4.79 Å². The lowest BCUT2D eigenvalue weighted by atomic mass is 9.99. The van der Waals surface area contributed by atoms with Crippen LogP contribution in [0.3, 0.4) is 0 Å². The Balaban J connectivity index is 1.56. The number of nitrogens with one attached hydrogen (secondary N) is 1. The third-order valence-electron chi connectivity index (χ3n) is 5.62. The molecule has 4 heteroatoms. The molecule has 2 aromatic heterocycles. The molecule has 1 fully saturated rings. The molecule has 1 amide bonds. The first-order valence-electron chi connectivity index (χ1n) is 9.90. The minimum atomic E-state index is -0.0759. The monoisotopic (exact) mass is 361 g/mol. The van der Waals surface area contributed by atoms with Gasteiger partial charge in [0, 0.05) is 30.5 Å². The molecule has 1 aromatic carbocycles. The Morgan fingerprint density at radius 3 is 2.44 bits per heavy atom. The lowest BCUT2D eigenvalue weighted by Crippen LogP contribution is -2.33. The Bertz CT molecular complexity index is 934. The fraction of sp³-hybridized carbons (Fsp3) is 0.348. The zero-order valence-electron chi connectivity index (χ0n) is 16.1. The smallest absolute Gasteiger partial charge is 0.257 e. The lowest BCUT2D eigenvalue weighted by Gasteiger charge is -2.31. The molecule has 1 aliphatic heterocycles. The quantitative estimate of drug-likeness (QED) is 0.711. The molecular formula is C23H27N3O. The molecule has 0 spiro atoms. The van der Waals surface area contributed by atoms with Crippen molar-refractivity contribution >= 4 is 22.9 Å². The van der Waals surface area contributed by atoms with E-state index in [1.165, 1.54) is 24.2 Å². The lowest BCUT2D eigenvalue weighted by molar-refractivity contribution is 0.102. The molecular weight excluding hydrogens is 334 g/mol. The van der Waals surface area contributed by atoms with Gasteiger partial charge in [-0.2, -0.15) is 0 Å². The second-order valence-corrected chi connectivity index (χ2v) is 7.58. The third-order valence-corrected chi connectivity index (χ3v) is 5.62. The van der Waals surface area contributed by atoms with Gasteiger partial charge in [0.15, 0.2) is 0 Å². The van der Waals surface area contributed by atoms with E-state index in [4.69, 9.17) is 0 Å². The van der Waals surface area contributed by atoms with Crippen LogP contribution in [-0.2, 0) is 6.42 Å². The first-order valence-corrected chi connectivity index (χ1v) is 9.90. The van der Waals surface area contributed by atoms with Gasteiger partial charge in [-0.25, -0.2) is 0 Å². The van der Waals surface area contributed by atoms with E-state index in [1.54, 1.807) is 0 Å². The number of anilines is 2. The van der Waals surface area contributed by atoms with E-state index in [0.29, 0.717) is 5.56 Å². The molecule has 3 heterocycles. The predicted octanol–water partition coefficient (Wildman–Crippen LogP) is 4.99. The number of nitrogens with zero attached hydrogens (tertiary/aromatic N) is 2. The minimum Gasteiger partial charge on any atom is -0.358 e. The second-order valence-electron chi connectivity index (χ2n) is 7.58. The summed E-state index contributed by atoms with van der Waals surface area (Å²) in [6.45, 7) is 6.60. The summed E-state index contributed by atoms with van der Waals surface area (Å²) in [5.41, 5.74) is 3.88. The van der Waals surface area contributed by atoms with Crippen molar-refractivity contribution in [3.8, 4) is 0 Å². The third kappa shape index (κ3) is 3.70. The van der Waals surface area contributed by atoms with Crippen LogP contribution >= 0.6 is 0 Å². The summed E-state index contributed by atoms with van der Waals surface area (Å²) in [6, 6.07) is 16.2. The Labute approximate surface area is 160 Å². The molecule has 1 aliphatic rings. The Morgan fingerprint density at radius 1 is 1.04 bits per heavy atom. The summed E-state index contributed by atoms with van der Waals surface area (Å²) in [5.74, 6) is 1.90. The van der Waals surface area contributed by atoms with Crippen molar-refractivity contribution in [2.75, 3.05) is 23.3 Å². The summed E-state index contributed by atoms with van der Waals surface area (Å²) >= 11 is 0. The van der Waals surface area contributed by atoms with Crippen molar-refractivity contribution in [1.82, 2.24) is 4.40 Å². The minimum absolute atomic E-state index is 0.0759. The number of piperidine rings is 1. The zero-order valence-corrected chi connectivity index (χ0v) is 16.1. The summed E-state index contributed by atoms with van der Waals surface area (Å²) in [7, 11) is 0. The van der Waals surface area contributed by atoms with Crippen molar-refractivity contribution in [3.63, 3.8) is 0 Å². The van der Waals surface area contributed by atoms with E-state index in [9.17, 15) is 4.79 Å². The van der Waals surface area contributed by atoms with Crippen LogP contribution in [0.25, 0.3) is 5.52 Å². The molecule has 0 radical (unpaired) electrons. The predicted molar refractivity (Wildman–Crippen MR) is 112 cm³/mol. The van der Waals surface area contributed by atoms with E-state index >= 15 is 0 Å². The van der Waals surface area contributed by atoms with Gasteiger partial charge in [-0.1, -0.05) is 26.0 Å². The van der Waals surface area contributed by atoms with E-state index in [2.05, 4.69) is 52.7 Å². The van der Waals surface area contributed by atoms with Crippen LogP contribution in [0, 0.1) is 5.92 Å². The number of pyridine rings is 1. The number of aryl methyl sites for hydroxylation is 1. The number of carbonyl (C=O) groups is 1. The first kappa shape index (κ1) is 17.7. The number of aromatic nitrogens is 1. The average molecular weight is 361 g/mol.